The summed E-state index contributed by atoms with van der Waals surface area (Å²) < 4.78 is 11.3. The standard InChI is InChI=1S/C6H4ClN2O4P/c7-14(8-1-3-12-5(8)10)9-2-4-13-6(9)11/h1-4H. The van der Waals surface area contributed by atoms with Crippen LogP contribution >= 0.6 is 18.8 Å². The van der Waals surface area contributed by atoms with Crippen molar-refractivity contribution in [2.24, 2.45) is 0 Å². The number of aromatic nitrogens is 2. The lowest BCUT2D eigenvalue weighted by atomic mass is 11.0. The van der Waals surface area contributed by atoms with Crippen molar-refractivity contribution in [2.75, 3.05) is 0 Å². The van der Waals surface area contributed by atoms with Gasteiger partial charge >= 0.3 is 11.5 Å². The Balaban J connectivity index is 2.48. The van der Waals surface area contributed by atoms with Crippen molar-refractivity contribution >= 4 is 18.8 Å². The highest BCUT2D eigenvalue weighted by Gasteiger charge is 2.16. The maximum Gasteiger partial charge on any atom is 0.424 e. The molecule has 0 N–H and O–H groups in total. The van der Waals surface area contributed by atoms with Crippen LogP contribution in [0.2, 0.25) is 0 Å². The Hall–Kier alpha value is -1.26. The lowest BCUT2D eigenvalue weighted by Crippen LogP contribution is -2.16. The molecule has 0 bridgehead atoms. The molecule has 0 aromatic carbocycles. The molecule has 0 spiro atoms. The van der Waals surface area contributed by atoms with Crippen LogP contribution in [0.15, 0.2) is 43.3 Å². The number of rotatable bonds is 2. The van der Waals surface area contributed by atoms with Crippen LogP contribution in [0.4, 0.5) is 0 Å². The van der Waals surface area contributed by atoms with Gasteiger partial charge in [-0.15, -0.1) is 0 Å². The van der Waals surface area contributed by atoms with E-state index in [4.69, 9.17) is 11.2 Å². The molecule has 0 aliphatic heterocycles. The van der Waals surface area contributed by atoms with E-state index in [2.05, 4.69) is 8.83 Å². The van der Waals surface area contributed by atoms with Crippen LogP contribution < -0.4 is 11.5 Å². The van der Waals surface area contributed by atoms with Gasteiger partial charge in [0.15, 0.2) is 0 Å². The van der Waals surface area contributed by atoms with Gasteiger partial charge in [-0.05, 0) is 11.2 Å². The first-order valence-electron chi connectivity index (χ1n) is 3.49. The summed E-state index contributed by atoms with van der Waals surface area (Å²) >= 11 is 5.90. The molecule has 2 aromatic heterocycles. The summed E-state index contributed by atoms with van der Waals surface area (Å²) in [6.45, 7) is 0. The number of hydrogen-bond acceptors (Lipinski definition) is 4. The number of nitrogens with zero attached hydrogens (tertiary/aromatic N) is 2. The van der Waals surface area contributed by atoms with Crippen LogP contribution in [0.25, 0.3) is 0 Å². The topological polar surface area (TPSA) is 70.3 Å². The van der Waals surface area contributed by atoms with Gasteiger partial charge in [-0.25, -0.2) is 18.3 Å². The summed E-state index contributed by atoms with van der Waals surface area (Å²) in [5, 5.41) is 0. The van der Waals surface area contributed by atoms with E-state index in [1.165, 1.54) is 24.9 Å². The highest BCUT2D eigenvalue weighted by molar-refractivity contribution is 7.81. The molecule has 0 saturated carbocycles. The van der Waals surface area contributed by atoms with E-state index in [0.29, 0.717) is 0 Å². The Morgan fingerprint density at radius 1 is 1.07 bits per heavy atom. The molecular weight excluding hydrogens is 231 g/mol. The van der Waals surface area contributed by atoms with E-state index in [-0.39, 0.29) is 0 Å². The Morgan fingerprint density at radius 3 is 1.79 bits per heavy atom. The first-order valence-corrected chi connectivity index (χ1v) is 5.64. The van der Waals surface area contributed by atoms with E-state index in [9.17, 15) is 9.59 Å². The van der Waals surface area contributed by atoms with E-state index in [1.54, 1.807) is 0 Å². The summed E-state index contributed by atoms with van der Waals surface area (Å²) in [5.74, 6) is -1.22. The van der Waals surface area contributed by atoms with E-state index in [0.717, 1.165) is 8.68 Å². The van der Waals surface area contributed by atoms with Crippen LogP contribution in [-0.4, -0.2) is 8.68 Å². The molecule has 0 radical (unpaired) electrons. The maximum absolute atomic E-state index is 11.0. The third-order valence-corrected chi connectivity index (χ3v) is 3.75. The van der Waals surface area contributed by atoms with Crippen LogP contribution in [-0.2, 0) is 0 Å². The van der Waals surface area contributed by atoms with E-state index >= 15 is 0 Å². The Morgan fingerprint density at radius 2 is 1.50 bits per heavy atom. The summed E-state index contributed by atoms with van der Waals surface area (Å²) in [4.78, 5) is 22.1. The summed E-state index contributed by atoms with van der Waals surface area (Å²) in [7, 11) is -1.65. The molecule has 0 saturated heterocycles. The predicted molar refractivity (Wildman–Crippen MR) is 49.5 cm³/mol. The number of hydrogen-bond donors (Lipinski definition) is 0. The molecule has 14 heavy (non-hydrogen) atoms. The van der Waals surface area contributed by atoms with Crippen LogP contribution in [0.3, 0.4) is 0 Å². The van der Waals surface area contributed by atoms with Crippen molar-refractivity contribution in [3.05, 3.63) is 46.0 Å². The third kappa shape index (κ3) is 1.42. The highest BCUT2D eigenvalue weighted by atomic mass is 35.7. The van der Waals surface area contributed by atoms with Crippen LogP contribution in [0, 0.1) is 0 Å². The fourth-order valence-electron chi connectivity index (χ4n) is 0.871. The first kappa shape index (κ1) is 9.30. The maximum atomic E-state index is 11.0. The number of halogens is 1. The third-order valence-electron chi connectivity index (χ3n) is 1.47. The smallest absolute Gasteiger partial charge is 0.416 e. The molecule has 2 heterocycles. The van der Waals surface area contributed by atoms with Crippen molar-refractivity contribution < 1.29 is 8.83 Å². The Labute approximate surface area is 83.0 Å². The minimum atomic E-state index is -1.65. The van der Waals surface area contributed by atoms with Gasteiger partial charge in [0.25, 0.3) is 0 Å². The zero-order valence-electron chi connectivity index (χ0n) is 6.66. The molecule has 0 aliphatic carbocycles. The second-order valence-corrected chi connectivity index (χ2v) is 4.52. The quantitative estimate of drug-likeness (QED) is 0.729. The largest absolute Gasteiger partial charge is 0.424 e. The SMILES string of the molecule is O=c1occn1P(Cl)n1ccoc1=O. The second-order valence-electron chi connectivity index (χ2n) is 2.27. The minimum absolute atomic E-state index is 0.612. The summed E-state index contributed by atoms with van der Waals surface area (Å²) in [5.41, 5.74) is 0. The molecule has 0 aliphatic rings. The highest BCUT2D eigenvalue weighted by Crippen LogP contribution is 2.41. The predicted octanol–water partition coefficient (Wildman–Crippen LogP) is 1.06. The van der Waals surface area contributed by atoms with Gasteiger partial charge in [-0.1, -0.05) is 0 Å². The molecule has 0 unspecified atom stereocenters. The monoisotopic (exact) mass is 234 g/mol. The number of oxazole rings is 2. The molecule has 0 amide bonds. The van der Waals surface area contributed by atoms with Crippen LogP contribution in [0.1, 0.15) is 0 Å². The van der Waals surface area contributed by atoms with E-state index in [1.807, 2.05) is 0 Å². The van der Waals surface area contributed by atoms with Gasteiger partial charge < -0.3 is 8.83 Å². The Bertz CT molecular complexity index is 490. The van der Waals surface area contributed by atoms with Gasteiger partial charge in [-0.3, -0.25) is 0 Å². The average molecular weight is 235 g/mol. The molecule has 0 fully saturated rings. The fraction of sp³-hybridized carbons (Fsp3) is 0. The van der Waals surface area contributed by atoms with Gasteiger partial charge in [-0.2, -0.15) is 0 Å². The van der Waals surface area contributed by atoms with Crippen molar-refractivity contribution in [3.8, 4) is 0 Å². The van der Waals surface area contributed by atoms with Crippen LogP contribution in [0.5, 0.6) is 0 Å². The molecule has 2 rings (SSSR count). The first-order chi connectivity index (χ1) is 6.70. The van der Waals surface area contributed by atoms with Crippen molar-refractivity contribution in [3.63, 3.8) is 0 Å². The fourth-order valence-corrected chi connectivity index (χ4v) is 2.44. The second kappa shape index (κ2) is 3.48. The molecule has 8 heteroatoms. The van der Waals surface area contributed by atoms with Crippen molar-refractivity contribution in [2.45, 2.75) is 0 Å². The van der Waals surface area contributed by atoms with Gasteiger partial charge in [0, 0.05) is 0 Å². The average Bonchev–Trinajstić information content (AvgIpc) is 2.73. The summed E-state index contributed by atoms with van der Waals surface area (Å²) in [6, 6.07) is 0. The molecule has 6 nitrogen and oxygen atoms in total. The minimum Gasteiger partial charge on any atom is -0.416 e. The van der Waals surface area contributed by atoms with Gasteiger partial charge in [0.1, 0.15) is 12.5 Å². The lowest BCUT2D eigenvalue weighted by Gasteiger charge is -2.05. The zero-order chi connectivity index (χ0) is 10.1. The van der Waals surface area contributed by atoms with E-state index < -0.39 is 19.1 Å². The lowest BCUT2D eigenvalue weighted by molar-refractivity contribution is 0.505. The molecule has 0 atom stereocenters. The summed E-state index contributed by atoms with van der Waals surface area (Å²) in [6.07, 6.45) is 5.12. The van der Waals surface area contributed by atoms with Crippen molar-refractivity contribution in [1.82, 2.24) is 8.68 Å². The molecular formula is C6H4ClN2O4P. The van der Waals surface area contributed by atoms with Gasteiger partial charge in [0.2, 0.25) is 7.58 Å². The molecule has 74 valence electrons. The zero-order valence-corrected chi connectivity index (χ0v) is 8.31. The Kier molecular flexibility index (Phi) is 2.31. The normalized spacial score (nSPS) is 11.0. The van der Waals surface area contributed by atoms with Gasteiger partial charge in [0.05, 0.1) is 12.4 Å². The molecule has 2 aromatic rings. The van der Waals surface area contributed by atoms with Crippen molar-refractivity contribution in [1.29, 1.82) is 0 Å².